The average Bonchev–Trinajstić information content (AvgIpc) is 3.23. The second-order valence-electron chi connectivity index (χ2n) is 5.06. The third kappa shape index (κ3) is 2.95. The zero-order chi connectivity index (χ0) is 15.5. The Hall–Kier alpha value is -1.99. The summed E-state index contributed by atoms with van der Waals surface area (Å²) in [6, 6.07) is 4.09. The minimum atomic E-state index is 0.156. The first kappa shape index (κ1) is 14.9. The Kier molecular flexibility index (Phi) is 4.35. The molecule has 0 aliphatic rings. The molecule has 22 heavy (non-hydrogen) atoms. The van der Waals surface area contributed by atoms with E-state index in [1.807, 2.05) is 31.4 Å². The van der Waals surface area contributed by atoms with E-state index in [4.69, 9.17) is 8.94 Å². The molecule has 1 N–H and O–H groups in total. The van der Waals surface area contributed by atoms with Crippen molar-refractivity contribution in [2.24, 2.45) is 0 Å². The monoisotopic (exact) mass is 318 g/mol. The third-order valence-corrected chi connectivity index (χ3v) is 4.40. The molecule has 0 fully saturated rings. The van der Waals surface area contributed by atoms with Crippen molar-refractivity contribution < 1.29 is 8.94 Å². The maximum atomic E-state index is 5.69. The second-order valence-corrected chi connectivity index (χ2v) is 6.01. The van der Waals surface area contributed by atoms with Gasteiger partial charge in [-0.15, -0.1) is 21.5 Å². The Labute approximate surface area is 132 Å². The van der Waals surface area contributed by atoms with Gasteiger partial charge >= 0.3 is 0 Å². The van der Waals surface area contributed by atoms with Crippen LogP contribution in [0.4, 0.5) is 0 Å². The van der Waals surface area contributed by atoms with Gasteiger partial charge in [-0.3, -0.25) is 0 Å². The zero-order valence-electron chi connectivity index (χ0n) is 12.8. The van der Waals surface area contributed by atoms with Crippen LogP contribution in [0.3, 0.4) is 0 Å². The molecule has 0 amide bonds. The Morgan fingerprint density at radius 1 is 1.32 bits per heavy atom. The van der Waals surface area contributed by atoms with Gasteiger partial charge in [-0.1, -0.05) is 18.1 Å². The predicted octanol–water partition coefficient (Wildman–Crippen LogP) is 3.64. The molecule has 0 saturated carbocycles. The lowest BCUT2D eigenvalue weighted by Gasteiger charge is -2.15. The molecule has 0 aromatic carbocycles. The minimum absolute atomic E-state index is 0.156. The first-order valence-electron chi connectivity index (χ1n) is 7.21. The summed E-state index contributed by atoms with van der Waals surface area (Å²) in [7, 11) is 0. The minimum Gasteiger partial charge on any atom is -0.419 e. The van der Waals surface area contributed by atoms with Crippen LogP contribution < -0.4 is 5.32 Å². The van der Waals surface area contributed by atoms with Gasteiger partial charge in [0.1, 0.15) is 5.76 Å². The van der Waals surface area contributed by atoms with Crippen LogP contribution in [0, 0.1) is 13.8 Å². The van der Waals surface area contributed by atoms with Crippen LogP contribution in [0.2, 0.25) is 0 Å². The molecule has 0 bridgehead atoms. The van der Waals surface area contributed by atoms with Gasteiger partial charge in [0.2, 0.25) is 5.89 Å². The highest BCUT2D eigenvalue weighted by atomic mass is 32.1. The van der Waals surface area contributed by atoms with Crippen LogP contribution >= 0.6 is 11.3 Å². The average molecular weight is 318 g/mol. The molecular formula is C15H18N4O2S. The standard InChI is InChI=1S/C15H18N4O2S/c1-4-11(14-9(2)19-21-10(14)3)16-8-13-17-18-15(20-13)12-6-5-7-22-12/h5-7,11,16H,4,8H2,1-3H3/t11-/m1/s1. The van der Waals surface area contributed by atoms with Gasteiger partial charge in [-0.25, -0.2) is 0 Å². The molecule has 0 unspecified atom stereocenters. The molecule has 0 aliphatic carbocycles. The summed E-state index contributed by atoms with van der Waals surface area (Å²) in [5.74, 6) is 1.99. The summed E-state index contributed by atoms with van der Waals surface area (Å²) >= 11 is 1.58. The van der Waals surface area contributed by atoms with Gasteiger partial charge in [-0.2, -0.15) is 0 Å². The predicted molar refractivity (Wildman–Crippen MR) is 83.5 cm³/mol. The van der Waals surface area contributed by atoms with Crippen molar-refractivity contribution in [3.63, 3.8) is 0 Å². The fourth-order valence-corrected chi connectivity index (χ4v) is 3.12. The zero-order valence-corrected chi connectivity index (χ0v) is 13.6. The number of aryl methyl sites for hydroxylation is 2. The fourth-order valence-electron chi connectivity index (χ4n) is 2.47. The number of nitrogens with one attached hydrogen (secondary N) is 1. The van der Waals surface area contributed by atoms with E-state index in [0.29, 0.717) is 18.3 Å². The van der Waals surface area contributed by atoms with Crippen LogP contribution in [0.25, 0.3) is 10.8 Å². The Morgan fingerprint density at radius 2 is 2.18 bits per heavy atom. The van der Waals surface area contributed by atoms with E-state index < -0.39 is 0 Å². The summed E-state index contributed by atoms with van der Waals surface area (Å²) < 4.78 is 10.9. The largest absolute Gasteiger partial charge is 0.419 e. The van der Waals surface area contributed by atoms with E-state index >= 15 is 0 Å². The summed E-state index contributed by atoms with van der Waals surface area (Å²) in [6.45, 7) is 6.52. The first-order valence-corrected chi connectivity index (χ1v) is 8.09. The Balaban J connectivity index is 1.69. The smallest absolute Gasteiger partial charge is 0.257 e. The molecule has 0 radical (unpaired) electrons. The third-order valence-electron chi connectivity index (χ3n) is 3.54. The molecule has 6 nitrogen and oxygen atoms in total. The van der Waals surface area contributed by atoms with Gasteiger partial charge in [-0.05, 0) is 31.7 Å². The number of nitrogens with zero attached hydrogens (tertiary/aromatic N) is 3. The molecule has 0 aliphatic heterocycles. The highest BCUT2D eigenvalue weighted by Crippen LogP contribution is 2.25. The van der Waals surface area contributed by atoms with Crippen LogP contribution in [0.5, 0.6) is 0 Å². The summed E-state index contributed by atoms with van der Waals surface area (Å²) in [4.78, 5) is 0.983. The van der Waals surface area contributed by atoms with Crippen LogP contribution in [-0.4, -0.2) is 15.4 Å². The van der Waals surface area contributed by atoms with E-state index in [1.54, 1.807) is 11.3 Å². The van der Waals surface area contributed by atoms with Crippen molar-refractivity contribution in [2.45, 2.75) is 39.8 Å². The molecule has 3 heterocycles. The molecule has 0 spiro atoms. The molecule has 116 valence electrons. The number of rotatable bonds is 6. The van der Waals surface area contributed by atoms with Gasteiger partial charge in [0.25, 0.3) is 5.89 Å². The SMILES string of the molecule is CC[C@@H](NCc1nnc(-c2cccs2)o1)c1c(C)noc1C. The molecule has 3 rings (SSSR count). The van der Waals surface area contributed by atoms with Crippen molar-refractivity contribution in [3.8, 4) is 10.8 Å². The lowest BCUT2D eigenvalue weighted by atomic mass is 10.0. The Morgan fingerprint density at radius 3 is 2.82 bits per heavy atom. The van der Waals surface area contributed by atoms with Crippen molar-refractivity contribution >= 4 is 11.3 Å². The van der Waals surface area contributed by atoms with Gasteiger partial charge < -0.3 is 14.3 Å². The number of thiophene rings is 1. The van der Waals surface area contributed by atoms with Crippen molar-refractivity contribution in [2.75, 3.05) is 0 Å². The van der Waals surface area contributed by atoms with E-state index in [9.17, 15) is 0 Å². The van der Waals surface area contributed by atoms with Gasteiger partial charge in [0, 0.05) is 11.6 Å². The van der Waals surface area contributed by atoms with Gasteiger partial charge in [0.05, 0.1) is 17.1 Å². The molecular weight excluding hydrogens is 300 g/mol. The van der Waals surface area contributed by atoms with Crippen molar-refractivity contribution in [1.29, 1.82) is 0 Å². The molecule has 7 heteroatoms. The number of hydrogen-bond acceptors (Lipinski definition) is 7. The maximum Gasteiger partial charge on any atom is 0.257 e. The van der Waals surface area contributed by atoms with Crippen molar-refractivity contribution in [1.82, 2.24) is 20.7 Å². The molecule has 3 aromatic rings. The summed E-state index contributed by atoms with van der Waals surface area (Å²) in [5.41, 5.74) is 2.03. The lowest BCUT2D eigenvalue weighted by Crippen LogP contribution is -2.21. The number of hydrogen-bond donors (Lipinski definition) is 1. The molecule has 0 saturated heterocycles. The van der Waals surface area contributed by atoms with Crippen LogP contribution in [0.15, 0.2) is 26.5 Å². The summed E-state index contributed by atoms with van der Waals surface area (Å²) in [6.07, 6.45) is 0.925. The highest BCUT2D eigenvalue weighted by molar-refractivity contribution is 7.13. The normalized spacial score (nSPS) is 12.7. The fraction of sp³-hybridized carbons (Fsp3) is 0.400. The first-order chi connectivity index (χ1) is 10.7. The maximum absolute atomic E-state index is 5.69. The van der Waals surface area contributed by atoms with E-state index in [0.717, 1.165) is 28.3 Å². The van der Waals surface area contributed by atoms with Gasteiger partial charge in [0.15, 0.2) is 0 Å². The van der Waals surface area contributed by atoms with Crippen LogP contribution in [-0.2, 0) is 6.54 Å². The quantitative estimate of drug-likeness (QED) is 0.747. The van der Waals surface area contributed by atoms with E-state index in [-0.39, 0.29) is 6.04 Å². The highest BCUT2D eigenvalue weighted by Gasteiger charge is 2.19. The molecule has 3 aromatic heterocycles. The lowest BCUT2D eigenvalue weighted by molar-refractivity contribution is 0.387. The molecule has 1 atom stereocenters. The number of aromatic nitrogens is 3. The van der Waals surface area contributed by atoms with E-state index in [1.165, 1.54) is 0 Å². The summed E-state index contributed by atoms with van der Waals surface area (Å²) in [5, 5.41) is 17.6. The van der Waals surface area contributed by atoms with Crippen molar-refractivity contribution in [3.05, 3.63) is 40.4 Å². The van der Waals surface area contributed by atoms with Crippen LogP contribution in [0.1, 0.15) is 42.3 Å². The Bertz CT molecular complexity index is 713. The second kappa shape index (κ2) is 6.41. The van der Waals surface area contributed by atoms with E-state index in [2.05, 4.69) is 27.6 Å². The topological polar surface area (TPSA) is 77.0 Å².